The molecular formula is C20H22ClN5O2S. The van der Waals surface area contributed by atoms with E-state index in [4.69, 9.17) is 17.3 Å². The van der Waals surface area contributed by atoms with Gasteiger partial charge in [0.25, 0.3) is 0 Å². The van der Waals surface area contributed by atoms with Crippen molar-refractivity contribution in [1.82, 2.24) is 15.0 Å². The van der Waals surface area contributed by atoms with Gasteiger partial charge in [0.15, 0.2) is 14.9 Å². The molecule has 0 unspecified atom stereocenters. The first-order valence-corrected chi connectivity index (χ1v) is 11.3. The van der Waals surface area contributed by atoms with Crippen LogP contribution in [-0.2, 0) is 16.3 Å². The van der Waals surface area contributed by atoms with E-state index in [-0.39, 0.29) is 11.0 Å². The van der Waals surface area contributed by atoms with E-state index in [2.05, 4.69) is 20.3 Å². The van der Waals surface area contributed by atoms with Crippen molar-refractivity contribution in [3.63, 3.8) is 0 Å². The Morgan fingerprint density at radius 2 is 1.97 bits per heavy atom. The first-order chi connectivity index (χ1) is 13.7. The minimum atomic E-state index is -3.28. The summed E-state index contributed by atoms with van der Waals surface area (Å²) in [5, 5.41) is 4.01. The van der Waals surface area contributed by atoms with E-state index in [9.17, 15) is 8.42 Å². The number of rotatable bonds is 7. The van der Waals surface area contributed by atoms with E-state index in [1.807, 2.05) is 31.2 Å². The van der Waals surface area contributed by atoms with Crippen LogP contribution in [-0.4, -0.2) is 36.2 Å². The molecule has 152 valence electrons. The second-order valence-corrected chi connectivity index (χ2v) is 9.09. The van der Waals surface area contributed by atoms with E-state index >= 15 is 0 Å². The van der Waals surface area contributed by atoms with E-state index < -0.39 is 9.84 Å². The summed E-state index contributed by atoms with van der Waals surface area (Å²) in [7, 11) is -3.28. The Bertz CT molecular complexity index is 1120. The number of hydrogen-bond donors (Lipinski definition) is 2. The number of pyridine rings is 1. The van der Waals surface area contributed by atoms with Crippen LogP contribution in [0.4, 0.5) is 11.8 Å². The van der Waals surface area contributed by atoms with Gasteiger partial charge >= 0.3 is 0 Å². The summed E-state index contributed by atoms with van der Waals surface area (Å²) in [5.74, 6) is 0.822. The molecule has 7 nitrogen and oxygen atoms in total. The van der Waals surface area contributed by atoms with Gasteiger partial charge in [-0.05, 0) is 43.0 Å². The molecule has 0 aliphatic rings. The van der Waals surface area contributed by atoms with Crippen LogP contribution in [0.15, 0.2) is 47.6 Å². The summed E-state index contributed by atoms with van der Waals surface area (Å²) in [5.41, 5.74) is 9.40. The molecular weight excluding hydrogens is 410 g/mol. The Balaban J connectivity index is 1.63. The standard InChI is InChI=1S/C20H22ClN5O2S/c1-13-15(6-3-7-16(13)21)17-11-18(26-20(22)25-17)23-10-4-5-14-8-9-19(24-12-14)29(2,27)28/h3,6-9,11-12H,4-5,10H2,1-2H3,(H3,22,23,25,26). The third-order valence-corrected chi connectivity index (χ3v) is 5.82. The lowest BCUT2D eigenvalue weighted by Gasteiger charge is -2.11. The molecule has 1 aromatic carbocycles. The Morgan fingerprint density at radius 3 is 2.66 bits per heavy atom. The Kier molecular flexibility index (Phi) is 6.34. The zero-order valence-corrected chi connectivity index (χ0v) is 17.8. The van der Waals surface area contributed by atoms with Crippen LogP contribution in [0.1, 0.15) is 17.5 Å². The molecule has 0 aliphatic heterocycles. The quantitative estimate of drug-likeness (QED) is 0.550. The first kappa shape index (κ1) is 21.0. The predicted octanol–water partition coefficient (Wildman–Crippen LogP) is 3.53. The van der Waals surface area contributed by atoms with Crippen LogP contribution in [0.3, 0.4) is 0 Å². The number of nitrogens with zero attached hydrogens (tertiary/aromatic N) is 3. The number of aromatic nitrogens is 3. The van der Waals surface area contributed by atoms with Crippen LogP contribution in [0.2, 0.25) is 5.02 Å². The zero-order chi connectivity index (χ0) is 21.0. The summed E-state index contributed by atoms with van der Waals surface area (Å²) in [6.45, 7) is 2.60. The maximum atomic E-state index is 11.5. The van der Waals surface area contributed by atoms with Crippen LogP contribution < -0.4 is 11.1 Å². The molecule has 0 aliphatic carbocycles. The topological polar surface area (TPSA) is 111 Å². The fraction of sp³-hybridized carbons (Fsp3) is 0.250. The molecule has 0 spiro atoms. The molecule has 9 heteroatoms. The number of benzene rings is 1. The fourth-order valence-electron chi connectivity index (χ4n) is 2.87. The lowest BCUT2D eigenvalue weighted by Crippen LogP contribution is -2.08. The van der Waals surface area contributed by atoms with Crippen molar-refractivity contribution >= 4 is 33.2 Å². The molecule has 0 saturated carbocycles. The minimum absolute atomic E-state index is 0.0830. The number of sulfone groups is 1. The van der Waals surface area contributed by atoms with Crippen LogP contribution >= 0.6 is 11.6 Å². The van der Waals surface area contributed by atoms with Gasteiger partial charge < -0.3 is 11.1 Å². The molecule has 2 aromatic heterocycles. The molecule has 0 atom stereocenters. The number of halogens is 1. The monoisotopic (exact) mass is 431 g/mol. The molecule has 3 rings (SSSR count). The summed E-state index contributed by atoms with van der Waals surface area (Å²) in [6, 6.07) is 10.8. The molecule has 29 heavy (non-hydrogen) atoms. The third kappa shape index (κ3) is 5.42. The highest BCUT2D eigenvalue weighted by Crippen LogP contribution is 2.28. The Hall–Kier alpha value is -2.71. The summed E-state index contributed by atoms with van der Waals surface area (Å²) in [6.07, 6.45) is 4.31. The molecule has 3 aromatic rings. The normalized spacial score (nSPS) is 11.4. The van der Waals surface area contributed by atoms with Gasteiger partial charge in [0.1, 0.15) is 5.82 Å². The number of anilines is 2. The van der Waals surface area contributed by atoms with Gasteiger partial charge in [-0.25, -0.2) is 18.4 Å². The van der Waals surface area contributed by atoms with Crippen molar-refractivity contribution in [1.29, 1.82) is 0 Å². The zero-order valence-electron chi connectivity index (χ0n) is 16.2. The van der Waals surface area contributed by atoms with E-state index in [0.717, 1.165) is 35.8 Å². The fourth-order valence-corrected chi connectivity index (χ4v) is 3.60. The van der Waals surface area contributed by atoms with Gasteiger partial charge in [-0.2, -0.15) is 4.98 Å². The van der Waals surface area contributed by atoms with Gasteiger partial charge in [0.05, 0.1) is 5.69 Å². The number of nitrogen functional groups attached to an aromatic ring is 1. The smallest absolute Gasteiger partial charge is 0.222 e. The van der Waals surface area contributed by atoms with E-state index in [0.29, 0.717) is 23.1 Å². The minimum Gasteiger partial charge on any atom is -0.370 e. The number of nitrogens with one attached hydrogen (secondary N) is 1. The van der Waals surface area contributed by atoms with Crippen LogP contribution in [0.5, 0.6) is 0 Å². The van der Waals surface area contributed by atoms with Crippen molar-refractivity contribution < 1.29 is 8.42 Å². The van der Waals surface area contributed by atoms with E-state index in [1.54, 1.807) is 12.3 Å². The molecule has 0 radical (unpaired) electrons. The van der Waals surface area contributed by atoms with Crippen molar-refractivity contribution in [3.8, 4) is 11.3 Å². The molecule has 0 bridgehead atoms. The van der Waals surface area contributed by atoms with Gasteiger partial charge in [-0.3, -0.25) is 0 Å². The molecule has 2 heterocycles. The van der Waals surface area contributed by atoms with Crippen molar-refractivity contribution in [2.45, 2.75) is 24.8 Å². The largest absolute Gasteiger partial charge is 0.370 e. The Labute approximate surface area is 175 Å². The maximum absolute atomic E-state index is 11.5. The second kappa shape index (κ2) is 8.75. The SMILES string of the molecule is Cc1c(Cl)cccc1-c1cc(NCCCc2ccc(S(C)(=O)=O)nc2)nc(N)n1. The highest BCUT2D eigenvalue weighted by atomic mass is 35.5. The lowest BCUT2D eigenvalue weighted by molar-refractivity contribution is 0.598. The maximum Gasteiger partial charge on any atom is 0.222 e. The highest BCUT2D eigenvalue weighted by Gasteiger charge is 2.10. The van der Waals surface area contributed by atoms with Gasteiger partial charge in [0.2, 0.25) is 5.95 Å². The first-order valence-electron chi connectivity index (χ1n) is 9.03. The molecule has 0 fully saturated rings. The number of aryl methyl sites for hydroxylation is 1. The number of nitrogens with two attached hydrogens (primary N) is 1. The summed E-state index contributed by atoms with van der Waals surface area (Å²) < 4.78 is 22.9. The van der Waals surface area contributed by atoms with Gasteiger partial charge in [-0.15, -0.1) is 0 Å². The average Bonchev–Trinajstić information content (AvgIpc) is 2.66. The third-order valence-electron chi connectivity index (χ3n) is 4.41. The van der Waals surface area contributed by atoms with Crippen molar-refractivity contribution in [2.75, 3.05) is 23.9 Å². The van der Waals surface area contributed by atoms with Gasteiger partial charge in [0, 0.05) is 35.6 Å². The van der Waals surface area contributed by atoms with Crippen LogP contribution in [0.25, 0.3) is 11.3 Å². The second-order valence-electron chi connectivity index (χ2n) is 6.72. The molecule has 0 amide bonds. The van der Waals surface area contributed by atoms with E-state index in [1.165, 1.54) is 6.07 Å². The van der Waals surface area contributed by atoms with Gasteiger partial charge in [-0.1, -0.05) is 29.8 Å². The number of hydrogen-bond acceptors (Lipinski definition) is 7. The van der Waals surface area contributed by atoms with Crippen molar-refractivity contribution in [2.24, 2.45) is 0 Å². The van der Waals surface area contributed by atoms with Crippen LogP contribution in [0, 0.1) is 6.92 Å². The summed E-state index contributed by atoms with van der Waals surface area (Å²) >= 11 is 6.21. The lowest BCUT2D eigenvalue weighted by atomic mass is 10.1. The van der Waals surface area contributed by atoms with Crippen molar-refractivity contribution in [3.05, 3.63) is 58.7 Å². The average molecular weight is 432 g/mol. The molecule has 0 saturated heterocycles. The predicted molar refractivity (Wildman–Crippen MR) is 116 cm³/mol. The molecule has 3 N–H and O–H groups in total. The summed E-state index contributed by atoms with van der Waals surface area (Å²) in [4.78, 5) is 12.6. The highest BCUT2D eigenvalue weighted by molar-refractivity contribution is 7.90. The Morgan fingerprint density at radius 1 is 1.17 bits per heavy atom.